The van der Waals surface area contributed by atoms with Crippen molar-refractivity contribution in [2.24, 2.45) is 0 Å². The molecule has 1 aromatic rings. The summed E-state index contributed by atoms with van der Waals surface area (Å²) in [6.45, 7) is 4.12. The van der Waals surface area contributed by atoms with E-state index in [0.29, 0.717) is 19.4 Å². The molecule has 0 aliphatic rings. The standard InChI is InChI=1S/C13H19N3O3/c1-3-4-11(12(17)18)16-13(19)15-8-10-5-6-14-7-9(10)2/h5-7,11H,3-4,8H2,1-2H3,(H,17,18)(H2,15,16,19)/t11-/m1/s1. The Labute approximate surface area is 112 Å². The first-order chi connectivity index (χ1) is 9.04. The molecule has 0 aromatic carbocycles. The number of hydrogen-bond acceptors (Lipinski definition) is 3. The minimum Gasteiger partial charge on any atom is -0.480 e. The van der Waals surface area contributed by atoms with E-state index in [1.807, 2.05) is 19.9 Å². The van der Waals surface area contributed by atoms with Crippen LogP contribution in [-0.4, -0.2) is 28.1 Å². The topological polar surface area (TPSA) is 91.3 Å². The highest BCUT2D eigenvalue weighted by Crippen LogP contribution is 2.04. The van der Waals surface area contributed by atoms with Crippen LogP contribution in [0.15, 0.2) is 18.5 Å². The fourth-order valence-corrected chi connectivity index (χ4v) is 1.63. The van der Waals surface area contributed by atoms with Gasteiger partial charge in [-0.15, -0.1) is 0 Å². The number of rotatable bonds is 6. The van der Waals surface area contributed by atoms with Crippen molar-refractivity contribution in [2.45, 2.75) is 39.3 Å². The van der Waals surface area contributed by atoms with Crippen LogP contribution in [-0.2, 0) is 11.3 Å². The number of aliphatic carboxylic acids is 1. The highest BCUT2D eigenvalue weighted by atomic mass is 16.4. The summed E-state index contributed by atoms with van der Waals surface area (Å²) in [7, 11) is 0. The van der Waals surface area contributed by atoms with Crippen molar-refractivity contribution in [1.82, 2.24) is 15.6 Å². The lowest BCUT2D eigenvalue weighted by atomic mass is 10.1. The van der Waals surface area contributed by atoms with E-state index in [1.54, 1.807) is 12.4 Å². The molecular weight excluding hydrogens is 246 g/mol. The number of nitrogens with zero attached hydrogens (tertiary/aromatic N) is 1. The first-order valence-corrected chi connectivity index (χ1v) is 6.21. The van der Waals surface area contributed by atoms with Gasteiger partial charge in [0, 0.05) is 18.9 Å². The zero-order valence-electron chi connectivity index (χ0n) is 11.1. The van der Waals surface area contributed by atoms with Crippen molar-refractivity contribution < 1.29 is 14.7 Å². The molecule has 1 aromatic heterocycles. The molecule has 0 aliphatic carbocycles. The second-order valence-electron chi connectivity index (χ2n) is 4.31. The molecule has 0 aliphatic heterocycles. The SMILES string of the molecule is CCC[C@@H](NC(=O)NCc1ccncc1C)C(=O)O. The molecule has 3 N–H and O–H groups in total. The van der Waals surface area contributed by atoms with Gasteiger partial charge in [-0.1, -0.05) is 13.3 Å². The van der Waals surface area contributed by atoms with Crippen LogP contribution in [0.4, 0.5) is 4.79 Å². The van der Waals surface area contributed by atoms with Crippen LogP contribution < -0.4 is 10.6 Å². The van der Waals surface area contributed by atoms with Gasteiger partial charge >= 0.3 is 12.0 Å². The average molecular weight is 265 g/mol. The number of amides is 2. The molecule has 0 radical (unpaired) electrons. The Bertz CT molecular complexity index is 449. The van der Waals surface area contributed by atoms with E-state index in [-0.39, 0.29) is 0 Å². The molecule has 104 valence electrons. The number of carbonyl (C=O) groups excluding carboxylic acids is 1. The highest BCUT2D eigenvalue weighted by Gasteiger charge is 2.18. The first kappa shape index (κ1) is 14.9. The van der Waals surface area contributed by atoms with Gasteiger partial charge in [0.15, 0.2) is 0 Å². The van der Waals surface area contributed by atoms with Crippen LogP contribution in [0.3, 0.4) is 0 Å². The molecule has 0 fully saturated rings. The third-order valence-electron chi connectivity index (χ3n) is 2.76. The molecule has 0 bridgehead atoms. The minimum atomic E-state index is -1.02. The summed E-state index contributed by atoms with van der Waals surface area (Å²) in [4.78, 5) is 26.5. The van der Waals surface area contributed by atoms with E-state index in [4.69, 9.17) is 5.11 Å². The highest BCUT2D eigenvalue weighted by molar-refractivity contribution is 5.82. The lowest BCUT2D eigenvalue weighted by Crippen LogP contribution is -2.45. The van der Waals surface area contributed by atoms with Gasteiger partial charge in [0.05, 0.1) is 0 Å². The summed E-state index contributed by atoms with van der Waals surface area (Å²) >= 11 is 0. The average Bonchev–Trinajstić information content (AvgIpc) is 2.37. The molecule has 0 unspecified atom stereocenters. The number of aromatic nitrogens is 1. The molecule has 6 nitrogen and oxygen atoms in total. The van der Waals surface area contributed by atoms with Crippen LogP contribution in [0.5, 0.6) is 0 Å². The molecule has 6 heteroatoms. The second kappa shape index (κ2) is 7.35. The molecule has 19 heavy (non-hydrogen) atoms. The smallest absolute Gasteiger partial charge is 0.326 e. The van der Waals surface area contributed by atoms with E-state index in [9.17, 15) is 9.59 Å². The normalized spacial score (nSPS) is 11.7. The number of carbonyl (C=O) groups is 2. The molecule has 1 atom stereocenters. The Morgan fingerprint density at radius 3 is 2.79 bits per heavy atom. The Morgan fingerprint density at radius 2 is 2.21 bits per heavy atom. The minimum absolute atomic E-state index is 0.346. The lowest BCUT2D eigenvalue weighted by Gasteiger charge is -2.14. The van der Waals surface area contributed by atoms with Crippen molar-refractivity contribution in [1.29, 1.82) is 0 Å². The van der Waals surface area contributed by atoms with Gasteiger partial charge < -0.3 is 15.7 Å². The summed E-state index contributed by atoms with van der Waals surface area (Å²) in [5, 5.41) is 14.0. The van der Waals surface area contributed by atoms with Crippen molar-refractivity contribution in [3.63, 3.8) is 0 Å². The zero-order chi connectivity index (χ0) is 14.3. The van der Waals surface area contributed by atoms with Crippen molar-refractivity contribution in [3.05, 3.63) is 29.6 Å². The summed E-state index contributed by atoms with van der Waals surface area (Å²) in [5.41, 5.74) is 1.93. The molecule has 0 saturated heterocycles. The van der Waals surface area contributed by atoms with Crippen LogP contribution in [0.25, 0.3) is 0 Å². The summed E-state index contributed by atoms with van der Waals surface area (Å²) < 4.78 is 0. The quantitative estimate of drug-likeness (QED) is 0.726. The largest absolute Gasteiger partial charge is 0.480 e. The number of nitrogens with one attached hydrogen (secondary N) is 2. The van der Waals surface area contributed by atoms with Crippen molar-refractivity contribution in [2.75, 3.05) is 0 Å². The fraction of sp³-hybridized carbons (Fsp3) is 0.462. The van der Waals surface area contributed by atoms with Crippen LogP contribution in [0.2, 0.25) is 0 Å². The summed E-state index contributed by atoms with van der Waals surface area (Å²) in [6.07, 6.45) is 4.48. The molecule has 1 rings (SSSR count). The van der Waals surface area contributed by atoms with E-state index < -0.39 is 18.0 Å². The number of urea groups is 1. The van der Waals surface area contributed by atoms with E-state index in [2.05, 4.69) is 15.6 Å². The number of carboxylic acid groups (broad SMARTS) is 1. The Morgan fingerprint density at radius 1 is 1.47 bits per heavy atom. The number of carboxylic acids is 1. The monoisotopic (exact) mass is 265 g/mol. The molecule has 2 amide bonds. The van der Waals surface area contributed by atoms with Gasteiger partial charge in [0.25, 0.3) is 0 Å². The van der Waals surface area contributed by atoms with Crippen molar-refractivity contribution in [3.8, 4) is 0 Å². The Kier molecular flexibility index (Phi) is 5.78. The van der Waals surface area contributed by atoms with Crippen molar-refractivity contribution >= 4 is 12.0 Å². The van der Waals surface area contributed by atoms with Crippen LogP contribution in [0.1, 0.15) is 30.9 Å². The van der Waals surface area contributed by atoms with Gasteiger partial charge in [-0.2, -0.15) is 0 Å². The predicted octanol–water partition coefficient (Wildman–Crippen LogP) is 1.44. The summed E-state index contributed by atoms with van der Waals surface area (Å²) in [6, 6.07) is 0.497. The number of pyridine rings is 1. The van der Waals surface area contributed by atoms with Crippen LogP contribution in [0, 0.1) is 6.92 Å². The molecule has 1 heterocycles. The van der Waals surface area contributed by atoms with Gasteiger partial charge in [-0.25, -0.2) is 9.59 Å². The van der Waals surface area contributed by atoms with E-state index in [1.165, 1.54) is 0 Å². The van der Waals surface area contributed by atoms with Crippen LogP contribution >= 0.6 is 0 Å². The molecular formula is C13H19N3O3. The lowest BCUT2D eigenvalue weighted by molar-refractivity contribution is -0.139. The zero-order valence-corrected chi connectivity index (χ0v) is 11.1. The van der Waals surface area contributed by atoms with Gasteiger partial charge in [0.1, 0.15) is 6.04 Å². The maximum absolute atomic E-state index is 11.6. The number of aryl methyl sites for hydroxylation is 1. The number of hydrogen-bond donors (Lipinski definition) is 3. The maximum Gasteiger partial charge on any atom is 0.326 e. The first-order valence-electron chi connectivity index (χ1n) is 6.21. The van der Waals surface area contributed by atoms with Gasteiger partial charge in [-0.3, -0.25) is 4.98 Å². The third kappa shape index (κ3) is 4.95. The van der Waals surface area contributed by atoms with E-state index >= 15 is 0 Å². The Balaban J connectivity index is 2.47. The van der Waals surface area contributed by atoms with Gasteiger partial charge in [-0.05, 0) is 30.5 Å². The fourth-order valence-electron chi connectivity index (χ4n) is 1.63. The second-order valence-corrected chi connectivity index (χ2v) is 4.31. The Hall–Kier alpha value is -2.11. The van der Waals surface area contributed by atoms with E-state index in [0.717, 1.165) is 11.1 Å². The molecule has 0 saturated carbocycles. The summed E-state index contributed by atoms with van der Waals surface area (Å²) in [5.74, 6) is -1.02. The third-order valence-corrected chi connectivity index (χ3v) is 2.76. The van der Waals surface area contributed by atoms with Gasteiger partial charge in [0.2, 0.25) is 0 Å². The predicted molar refractivity (Wildman–Crippen MR) is 70.7 cm³/mol. The molecule has 0 spiro atoms. The maximum atomic E-state index is 11.6.